The molecule has 2 atom stereocenters. The molecule has 17 heavy (non-hydrogen) atoms. The van der Waals surface area contributed by atoms with Crippen LogP contribution in [-0.2, 0) is 15.8 Å². The van der Waals surface area contributed by atoms with Crippen molar-refractivity contribution in [3.63, 3.8) is 0 Å². The molecule has 0 spiro atoms. The van der Waals surface area contributed by atoms with Crippen molar-refractivity contribution in [3.05, 3.63) is 30.1 Å². The van der Waals surface area contributed by atoms with Crippen LogP contribution in [-0.4, -0.2) is 26.9 Å². The van der Waals surface area contributed by atoms with E-state index in [9.17, 15) is 13.4 Å². The average Bonchev–Trinajstić information content (AvgIpc) is 2.72. The molecule has 0 radical (unpaired) electrons. The molecule has 1 saturated heterocycles. The SMILES string of the molecule is CC1(C=O)CCCN1S(=O)c1ccc(F)cc1. The third-order valence-corrected chi connectivity index (χ3v) is 4.76. The van der Waals surface area contributed by atoms with Crippen molar-refractivity contribution in [2.45, 2.75) is 30.2 Å². The van der Waals surface area contributed by atoms with Gasteiger partial charge in [0.25, 0.3) is 0 Å². The highest BCUT2D eigenvalue weighted by Crippen LogP contribution is 2.30. The van der Waals surface area contributed by atoms with Crippen LogP contribution < -0.4 is 0 Å². The van der Waals surface area contributed by atoms with Gasteiger partial charge in [0.05, 0.1) is 10.4 Å². The molecule has 0 N–H and O–H groups in total. The van der Waals surface area contributed by atoms with Gasteiger partial charge in [-0.25, -0.2) is 12.9 Å². The molecule has 1 aliphatic heterocycles. The minimum Gasteiger partial charge on any atom is -0.301 e. The quantitative estimate of drug-likeness (QED) is 0.774. The number of benzene rings is 1. The molecule has 2 unspecified atom stereocenters. The molecule has 1 fully saturated rings. The van der Waals surface area contributed by atoms with Gasteiger partial charge in [-0.15, -0.1) is 0 Å². The van der Waals surface area contributed by atoms with Gasteiger partial charge in [0.2, 0.25) is 0 Å². The molecule has 0 saturated carbocycles. The van der Waals surface area contributed by atoms with Gasteiger partial charge in [-0.1, -0.05) is 0 Å². The second-order valence-electron chi connectivity index (χ2n) is 4.38. The van der Waals surface area contributed by atoms with E-state index in [0.29, 0.717) is 17.9 Å². The Kier molecular flexibility index (Phi) is 3.40. The highest BCUT2D eigenvalue weighted by Gasteiger charge is 2.40. The van der Waals surface area contributed by atoms with Crippen LogP contribution in [0.1, 0.15) is 19.8 Å². The molecule has 5 heteroatoms. The van der Waals surface area contributed by atoms with Crippen molar-refractivity contribution in [1.29, 1.82) is 0 Å². The monoisotopic (exact) mass is 255 g/mol. The fourth-order valence-electron chi connectivity index (χ4n) is 2.03. The lowest BCUT2D eigenvalue weighted by Gasteiger charge is -2.28. The van der Waals surface area contributed by atoms with Crippen LogP contribution >= 0.6 is 0 Å². The zero-order valence-electron chi connectivity index (χ0n) is 9.56. The molecule has 0 amide bonds. The summed E-state index contributed by atoms with van der Waals surface area (Å²) in [6.07, 6.45) is 2.41. The number of halogens is 1. The Morgan fingerprint density at radius 3 is 2.65 bits per heavy atom. The average molecular weight is 255 g/mol. The molecule has 1 aromatic carbocycles. The van der Waals surface area contributed by atoms with E-state index >= 15 is 0 Å². The first-order chi connectivity index (χ1) is 8.07. The molecule has 3 nitrogen and oxygen atoms in total. The summed E-state index contributed by atoms with van der Waals surface area (Å²) in [5.74, 6) is -0.356. The summed E-state index contributed by atoms with van der Waals surface area (Å²) >= 11 is 0. The predicted molar refractivity (Wildman–Crippen MR) is 63.2 cm³/mol. The van der Waals surface area contributed by atoms with Crippen molar-refractivity contribution < 1.29 is 13.4 Å². The van der Waals surface area contributed by atoms with Gasteiger partial charge in [0.15, 0.2) is 0 Å². The first-order valence-electron chi connectivity index (χ1n) is 5.48. The van der Waals surface area contributed by atoms with Gasteiger partial charge in [-0.05, 0) is 44.0 Å². The Hall–Kier alpha value is -1.07. The lowest BCUT2D eigenvalue weighted by Crippen LogP contribution is -2.43. The number of hydrogen-bond acceptors (Lipinski definition) is 2. The number of rotatable bonds is 3. The fourth-order valence-corrected chi connectivity index (χ4v) is 3.46. The Balaban J connectivity index is 2.26. The van der Waals surface area contributed by atoms with Crippen molar-refractivity contribution in [2.75, 3.05) is 6.54 Å². The maximum Gasteiger partial charge on any atom is 0.140 e. The highest BCUT2D eigenvalue weighted by atomic mass is 32.2. The number of hydrogen-bond donors (Lipinski definition) is 0. The summed E-state index contributed by atoms with van der Waals surface area (Å²) in [6, 6.07) is 5.55. The van der Waals surface area contributed by atoms with Crippen molar-refractivity contribution in [2.24, 2.45) is 0 Å². The van der Waals surface area contributed by atoms with Crippen LogP contribution in [0.3, 0.4) is 0 Å². The van der Waals surface area contributed by atoms with Gasteiger partial charge in [0.1, 0.15) is 23.1 Å². The summed E-state index contributed by atoms with van der Waals surface area (Å²) in [7, 11) is -1.40. The maximum atomic E-state index is 12.8. The van der Waals surface area contributed by atoms with E-state index in [1.807, 2.05) is 0 Å². The summed E-state index contributed by atoms with van der Waals surface area (Å²) in [5, 5.41) is 0. The fraction of sp³-hybridized carbons (Fsp3) is 0.417. The largest absolute Gasteiger partial charge is 0.301 e. The van der Waals surface area contributed by atoms with E-state index < -0.39 is 16.5 Å². The van der Waals surface area contributed by atoms with Crippen LogP contribution in [0.25, 0.3) is 0 Å². The van der Waals surface area contributed by atoms with Crippen molar-refractivity contribution >= 4 is 17.3 Å². The second-order valence-corrected chi connectivity index (χ2v) is 5.79. The lowest BCUT2D eigenvalue weighted by atomic mass is 10.0. The minimum absolute atomic E-state index is 0.356. The van der Waals surface area contributed by atoms with Gasteiger partial charge in [0, 0.05) is 6.54 Å². The van der Waals surface area contributed by atoms with E-state index in [1.165, 1.54) is 24.3 Å². The predicted octanol–water partition coefficient (Wildman–Crippen LogP) is 1.90. The standard InChI is InChI=1S/C12H14FNO2S/c1-12(9-15)7-2-8-14(12)17(16)11-5-3-10(13)4-6-11/h3-6,9H,2,7-8H2,1H3. The molecule has 1 aliphatic rings. The number of carbonyl (C=O) groups excluding carboxylic acids is 1. The van der Waals surface area contributed by atoms with E-state index in [4.69, 9.17) is 0 Å². The van der Waals surface area contributed by atoms with E-state index in [0.717, 1.165) is 12.7 Å². The van der Waals surface area contributed by atoms with Crippen LogP contribution in [0.15, 0.2) is 29.2 Å². The zero-order chi connectivity index (χ0) is 12.5. The first-order valence-corrected chi connectivity index (χ1v) is 6.59. The lowest BCUT2D eigenvalue weighted by molar-refractivity contribution is -0.114. The molecule has 1 heterocycles. The Labute approximate surface area is 102 Å². The Morgan fingerprint density at radius 1 is 1.41 bits per heavy atom. The topological polar surface area (TPSA) is 37.4 Å². The van der Waals surface area contributed by atoms with Gasteiger partial charge >= 0.3 is 0 Å². The molecule has 2 rings (SSSR count). The minimum atomic E-state index is -1.40. The normalized spacial score (nSPS) is 26.9. The molecule has 0 aliphatic carbocycles. The summed E-state index contributed by atoms with van der Waals surface area (Å²) in [5.41, 5.74) is -0.667. The molecule has 92 valence electrons. The maximum absolute atomic E-state index is 12.8. The summed E-state index contributed by atoms with van der Waals surface area (Å²) < 4.78 is 26.7. The number of nitrogens with zero attached hydrogens (tertiary/aromatic N) is 1. The van der Waals surface area contributed by atoms with Crippen LogP contribution in [0.4, 0.5) is 4.39 Å². The Morgan fingerprint density at radius 2 is 2.06 bits per heavy atom. The van der Waals surface area contributed by atoms with Gasteiger partial charge in [-0.3, -0.25) is 0 Å². The van der Waals surface area contributed by atoms with Crippen LogP contribution in [0, 0.1) is 5.82 Å². The van der Waals surface area contributed by atoms with E-state index in [1.54, 1.807) is 11.2 Å². The smallest absolute Gasteiger partial charge is 0.140 e. The Bertz CT molecular complexity index is 448. The number of aldehydes is 1. The number of carbonyl (C=O) groups is 1. The van der Waals surface area contributed by atoms with Gasteiger partial charge < -0.3 is 4.79 Å². The van der Waals surface area contributed by atoms with E-state index in [-0.39, 0.29) is 5.82 Å². The van der Waals surface area contributed by atoms with Crippen molar-refractivity contribution in [1.82, 2.24) is 4.31 Å². The summed E-state index contributed by atoms with van der Waals surface area (Å²) in [6.45, 7) is 2.41. The zero-order valence-corrected chi connectivity index (χ0v) is 10.4. The molecular formula is C12H14FNO2S. The van der Waals surface area contributed by atoms with E-state index in [2.05, 4.69) is 0 Å². The summed E-state index contributed by atoms with van der Waals surface area (Å²) in [4.78, 5) is 11.6. The molecule has 1 aromatic rings. The van der Waals surface area contributed by atoms with Crippen LogP contribution in [0.5, 0.6) is 0 Å². The molecule has 0 bridgehead atoms. The van der Waals surface area contributed by atoms with Gasteiger partial charge in [-0.2, -0.15) is 0 Å². The van der Waals surface area contributed by atoms with Crippen molar-refractivity contribution in [3.8, 4) is 0 Å². The molecule has 0 aromatic heterocycles. The second kappa shape index (κ2) is 4.66. The van der Waals surface area contributed by atoms with Crippen LogP contribution in [0.2, 0.25) is 0 Å². The molecular weight excluding hydrogens is 241 g/mol. The first kappa shape index (κ1) is 12.4. The third-order valence-electron chi connectivity index (χ3n) is 3.08. The highest BCUT2D eigenvalue weighted by molar-refractivity contribution is 7.82. The third kappa shape index (κ3) is 2.30.